The predicted molar refractivity (Wildman–Crippen MR) is 48.6 cm³/mol. The van der Waals surface area contributed by atoms with Crippen molar-refractivity contribution in [2.75, 3.05) is 7.05 Å². The van der Waals surface area contributed by atoms with Crippen LogP contribution in [-0.4, -0.2) is 27.0 Å². The minimum atomic E-state index is 0.527. The summed E-state index contributed by atoms with van der Waals surface area (Å²) in [6.07, 6.45) is 3.84. The fourth-order valence-corrected chi connectivity index (χ4v) is 1.01. The highest BCUT2D eigenvalue weighted by atomic mass is 15.0. The summed E-state index contributed by atoms with van der Waals surface area (Å²) in [5, 5.41) is 0. The van der Waals surface area contributed by atoms with Gasteiger partial charge in [0.25, 0.3) is 13.1 Å². The molecule has 5 heteroatoms. The SMILES string of the molecule is C[N+]#CCc1ncc2[nH]cnc2n1. The first-order valence-electron chi connectivity index (χ1n) is 3.87. The lowest BCUT2D eigenvalue weighted by atomic mass is 10.4. The molecule has 2 aromatic heterocycles. The Morgan fingerprint density at radius 1 is 1.54 bits per heavy atom. The molecule has 0 aliphatic rings. The lowest BCUT2D eigenvalue weighted by Crippen LogP contribution is -1.92. The number of aromatic amines is 1. The fourth-order valence-electron chi connectivity index (χ4n) is 1.01. The average molecular weight is 174 g/mol. The number of fused-ring (bicyclic) bond motifs is 1. The molecule has 0 saturated heterocycles. The molecule has 64 valence electrons. The maximum atomic E-state index is 4.20. The van der Waals surface area contributed by atoms with Crippen molar-refractivity contribution in [3.05, 3.63) is 23.2 Å². The second kappa shape index (κ2) is 3.19. The van der Waals surface area contributed by atoms with Gasteiger partial charge in [-0.05, 0) is 0 Å². The molecule has 1 N–H and O–H groups in total. The van der Waals surface area contributed by atoms with E-state index in [0.29, 0.717) is 17.9 Å². The van der Waals surface area contributed by atoms with Crippen LogP contribution in [0.4, 0.5) is 0 Å². The van der Waals surface area contributed by atoms with Crippen LogP contribution in [0.5, 0.6) is 0 Å². The summed E-state index contributed by atoms with van der Waals surface area (Å²) in [5.74, 6) is 0.685. The Kier molecular flexibility index (Phi) is 1.88. The zero-order chi connectivity index (χ0) is 9.10. The van der Waals surface area contributed by atoms with Gasteiger partial charge in [0.15, 0.2) is 5.65 Å². The van der Waals surface area contributed by atoms with E-state index in [1.54, 1.807) is 19.6 Å². The monoisotopic (exact) mass is 174 g/mol. The van der Waals surface area contributed by atoms with Crippen LogP contribution < -0.4 is 0 Å². The highest BCUT2D eigenvalue weighted by Crippen LogP contribution is 2.03. The lowest BCUT2D eigenvalue weighted by molar-refractivity contribution is 1.02. The van der Waals surface area contributed by atoms with Gasteiger partial charge in [-0.1, -0.05) is 4.85 Å². The molecule has 2 heterocycles. The second-order valence-corrected chi connectivity index (χ2v) is 2.48. The van der Waals surface area contributed by atoms with Crippen molar-refractivity contribution in [3.63, 3.8) is 0 Å². The van der Waals surface area contributed by atoms with Gasteiger partial charge in [0.2, 0.25) is 0 Å². The number of rotatable bonds is 1. The second-order valence-electron chi connectivity index (χ2n) is 2.48. The molecule has 0 bridgehead atoms. The number of hydrogen-bond donors (Lipinski definition) is 1. The third kappa shape index (κ3) is 1.47. The highest BCUT2D eigenvalue weighted by molar-refractivity contribution is 5.68. The minimum absolute atomic E-state index is 0.527. The number of H-pyrrole nitrogens is 1. The number of imidazole rings is 1. The van der Waals surface area contributed by atoms with E-state index in [4.69, 9.17) is 0 Å². The zero-order valence-electron chi connectivity index (χ0n) is 7.15. The quantitative estimate of drug-likeness (QED) is 0.697. The average Bonchev–Trinajstić information content (AvgIpc) is 2.61. The van der Waals surface area contributed by atoms with Gasteiger partial charge in [-0.25, -0.2) is 15.0 Å². The number of nitrogens with one attached hydrogen (secondary N) is 1. The molecule has 2 aromatic rings. The number of aromatic nitrogens is 4. The normalized spacial score (nSPS) is 9.62. The van der Waals surface area contributed by atoms with Crippen LogP contribution in [0.2, 0.25) is 0 Å². The van der Waals surface area contributed by atoms with Gasteiger partial charge in [0.1, 0.15) is 17.8 Å². The van der Waals surface area contributed by atoms with E-state index in [0.717, 1.165) is 5.52 Å². The molecular formula is C8H8N5+. The third-order valence-corrected chi connectivity index (χ3v) is 1.62. The molecule has 5 nitrogen and oxygen atoms in total. The van der Waals surface area contributed by atoms with Crippen molar-refractivity contribution in [2.45, 2.75) is 6.42 Å². The van der Waals surface area contributed by atoms with E-state index in [1.165, 1.54) is 0 Å². The molecule has 0 fully saturated rings. The van der Waals surface area contributed by atoms with Crippen LogP contribution in [-0.2, 0) is 6.42 Å². The van der Waals surface area contributed by atoms with Gasteiger partial charge in [0, 0.05) is 0 Å². The van der Waals surface area contributed by atoms with E-state index < -0.39 is 0 Å². The standard InChI is InChI=1S/C8H8N5/c1-9-3-2-7-10-4-6-8(13-7)12-5-11-6/h4-5H,2H2,1H3,(H,10,11,12,13)/q+1. The van der Waals surface area contributed by atoms with Gasteiger partial charge in [0.05, 0.1) is 12.5 Å². The van der Waals surface area contributed by atoms with Crippen molar-refractivity contribution in [3.8, 4) is 6.07 Å². The van der Waals surface area contributed by atoms with E-state index >= 15 is 0 Å². The maximum absolute atomic E-state index is 4.20. The Labute approximate surface area is 74.7 Å². The van der Waals surface area contributed by atoms with Gasteiger partial charge < -0.3 is 4.98 Å². The van der Waals surface area contributed by atoms with Crippen LogP contribution in [0.25, 0.3) is 16.0 Å². The van der Waals surface area contributed by atoms with E-state index in [9.17, 15) is 0 Å². The van der Waals surface area contributed by atoms with Crippen molar-refractivity contribution in [1.82, 2.24) is 19.9 Å². The Balaban J connectivity index is 2.40. The Morgan fingerprint density at radius 3 is 3.31 bits per heavy atom. The highest BCUT2D eigenvalue weighted by Gasteiger charge is 2.01. The van der Waals surface area contributed by atoms with Crippen LogP contribution in [0, 0.1) is 6.07 Å². The van der Waals surface area contributed by atoms with Gasteiger partial charge in [-0.3, -0.25) is 0 Å². The molecular weight excluding hydrogens is 166 g/mol. The van der Waals surface area contributed by atoms with Gasteiger partial charge in [-0.2, -0.15) is 0 Å². The van der Waals surface area contributed by atoms with E-state index in [-0.39, 0.29) is 0 Å². The molecule has 0 aromatic carbocycles. The van der Waals surface area contributed by atoms with E-state index in [1.807, 2.05) is 0 Å². The van der Waals surface area contributed by atoms with Crippen molar-refractivity contribution >= 4 is 11.2 Å². The zero-order valence-corrected chi connectivity index (χ0v) is 7.15. The van der Waals surface area contributed by atoms with Crippen LogP contribution in [0.1, 0.15) is 5.82 Å². The van der Waals surface area contributed by atoms with E-state index in [2.05, 4.69) is 30.9 Å². The summed E-state index contributed by atoms with van der Waals surface area (Å²) >= 11 is 0. The molecule has 0 spiro atoms. The minimum Gasteiger partial charge on any atom is -0.342 e. The van der Waals surface area contributed by atoms with Gasteiger partial charge in [-0.15, -0.1) is 0 Å². The summed E-state index contributed by atoms with van der Waals surface area (Å²) < 4.78 is 0. The van der Waals surface area contributed by atoms with Crippen molar-refractivity contribution in [1.29, 1.82) is 0 Å². The fraction of sp³-hybridized carbons (Fsp3) is 0.250. The first-order chi connectivity index (χ1) is 6.40. The van der Waals surface area contributed by atoms with Crippen LogP contribution >= 0.6 is 0 Å². The largest absolute Gasteiger partial charge is 0.342 e. The summed E-state index contributed by atoms with van der Waals surface area (Å²) in [4.78, 5) is 19.0. The Morgan fingerprint density at radius 2 is 2.46 bits per heavy atom. The Bertz CT molecular complexity index is 476. The molecule has 0 amide bonds. The third-order valence-electron chi connectivity index (χ3n) is 1.62. The first-order valence-corrected chi connectivity index (χ1v) is 3.87. The summed E-state index contributed by atoms with van der Waals surface area (Å²) in [7, 11) is 1.67. The molecule has 0 aliphatic carbocycles. The smallest absolute Gasteiger partial charge is 0.280 e. The van der Waals surface area contributed by atoms with Crippen molar-refractivity contribution in [2.24, 2.45) is 0 Å². The summed E-state index contributed by atoms with van der Waals surface area (Å²) in [6, 6.07) is 2.78. The van der Waals surface area contributed by atoms with Gasteiger partial charge >= 0.3 is 0 Å². The maximum Gasteiger partial charge on any atom is 0.280 e. The topological polar surface area (TPSA) is 58.8 Å². The number of nitrogens with zero attached hydrogens (tertiary/aromatic N) is 4. The molecule has 0 atom stereocenters. The van der Waals surface area contributed by atoms with Crippen molar-refractivity contribution < 1.29 is 0 Å². The summed E-state index contributed by atoms with van der Waals surface area (Å²) in [5.41, 5.74) is 1.53. The Hall–Kier alpha value is -1.96. The first kappa shape index (κ1) is 7.68. The van der Waals surface area contributed by atoms with Crippen LogP contribution in [0.15, 0.2) is 12.5 Å². The molecule has 0 radical (unpaired) electrons. The van der Waals surface area contributed by atoms with Crippen LogP contribution in [0.3, 0.4) is 0 Å². The predicted octanol–water partition coefficient (Wildman–Crippen LogP) is 0.858. The molecule has 2 rings (SSSR count). The summed E-state index contributed by atoms with van der Waals surface area (Å²) in [6.45, 7) is 0. The molecule has 0 saturated carbocycles. The molecule has 13 heavy (non-hydrogen) atoms. The lowest BCUT2D eigenvalue weighted by Gasteiger charge is -1.89. The molecule has 0 aliphatic heterocycles. The molecule has 0 unspecified atom stereocenters. The number of hydrogen-bond acceptors (Lipinski definition) is 3.